The maximum atomic E-state index is 6.23. The predicted molar refractivity (Wildman–Crippen MR) is 116 cm³/mol. The van der Waals surface area contributed by atoms with Gasteiger partial charge in [0.15, 0.2) is 5.76 Å². The SMILES string of the molecule is Clc1ccc(-c2cc(-c3csc(N/N=C/c4ccccc4Cl)n3)on2)c(Cl)c1. The van der Waals surface area contributed by atoms with Gasteiger partial charge in [0, 0.05) is 32.6 Å². The summed E-state index contributed by atoms with van der Waals surface area (Å²) in [5.74, 6) is 0.528. The average Bonchev–Trinajstić information content (AvgIpc) is 3.33. The molecule has 0 saturated carbocycles. The van der Waals surface area contributed by atoms with Crippen LogP contribution in [0, 0.1) is 0 Å². The summed E-state index contributed by atoms with van der Waals surface area (Å²) in [4.78, 5) is 4.45. The molecule has 9 heteroatoms. The van der Waals surface area contributed by atoms with E-state index in [9.17, 15) is 0 Å². The van der Waals surface area contributed by atoms with Crippen LogP contribution in [0.3, 0.4) is 0 Å². The Labute approximate surface area is 179 Å². The molecule has 0 spiro atoms. The molecule has 0 aliphatic heterocycles. The molecular weight excluding hydrogens is 439 g/mol. The summed E-state index contributed by atoms with van der Waals surface area (Å²) in [6, 6.07) is 14.4. The third-order valence-electron chi connectivity index (χ3n) is 3.74. The zero-order valence-electron chi connectivity index (χ0n) is 14.1. The third-order valence-corrected chi connectivity index (χ3v) is 5.38. The predicted octanol–water partition coefficient (Wildman–Crippen LogP) is 6.87. The van der Waals surface area contributed by atoms with Crippen molar-refractivity contribution in [2.75, 3.05) is 5.43 Å². The summed E-state index contributed by atoms with van der Waals surface area (Å²) in [5, 5.41) is 12.4. The number of benzene rings is 2. The van der Waals surface area contributed by atoms with Crippen LogP contribution in [0.1, 0.15) is 5.56 Å². The number of anilines is 1. The number of rotatable bonds is 5. The molecule has 0 fully saturated rings. The van der Waals surface area contributed by atoms with Gasteiger partial charge in [-0.2, -0.15) is 5.10 Å². The Morgan fingerprint density at radius 2 is 1.86 bits per heavy atom. The van der Waals surface area contributed by atoms with Crippen LogP contribution in [0.25, 0.3) is 22.7 Å². The van der Waals surface area contributed by atoms with Crippen LogP contribution in [0.2, 0.25) is 15.1 Å². The van der Waals surface area contributed by atoms with E-state index in [1.807, 2.05) is 23.6 Å². The van der Waals surface area contributed by atoms with Gasteiger partial charge in [-0.1, -0.05) is 58.2 Å². The first-order valence-electron chi connectivity index (χ1n) is 8.02. The number of nitrogens with one attached hydrogen (secondary N) is 1. The van der Waals surface area contributed by atoms with Crippen molar-refractivity contribution in [1.82, 2.24) is 10.1 Å². The van der Waals surface area contributed by atoms with Crippen molar-refractivity contribution < 1.29 is 4.52 Å². The van der Waals surface area contributed by atoms with Gasteiger partial charge in [0.05, 0.1) is 11.2 Å². The first kappa shape index (κ1) is 19.0. The van der Waals surface area contributed by atoms with E-state index in [1.165, 1.54) is 11.3 Å². The van der Waals surface area contributed by atoms with E-state index in [0.29, 0.717) is 37.3 Å². The fourth-order valence-corrected chi connectivity index (χ4v) is 3.73. The van der Waals surface area contributed by atoms with E-state index < -0.39 is 0 Å². The molecule has 5 nitrogen and oxygen atoms in total. The van der Waals surface area contributed by atoms with Gasteiger partial charge in [-0.3, -0.25) is 5.43 Å². The number of thiazole rings is 1. The summed E-state index contributed by atoms with van der Waals surface area (Å²) in [6.45, 7) is 0. The van der Waals surface area contributed by atoms with Crippen molar-refractivity contribution in [3.8, 4) is 22.7 Å². The fourth-order valence-electron chi connectivity index (χ4n) is 2.40. The van der Waals surface area contributed by atoms with E-state index in [-0.39, 0.29) is 0 Å². The van der Waals surface area contributed by atoms with Gasteiger partial charge in [0.1, 0.15) is 11.4 Å². The minimum Gasteiger partial charge on any atom is -0.354 e. The van der Waals surface area contributed by atoms with Crippen molar-refractivity contribution in [3.63, 3.8) is 0 Å². The Hall–Kier alpha value is -2.38. The molecule has 4 aromatic rings. The van der Waals surface area contributed by atoms with E-state index in [1.54, 1.807) is 36.5 Å². The van der Waals surface area contributed by atoms with Gasteiger partial charge in [-0.15, -0.1) is 11.3 Å². The number of hydrogen-bond acceptors (Lipinski definition) is 6. The second-order valence-electron chi connectivity index (χ2n) is 5.63. The van der Waals surface area contributed by atoms with Gasteiger partial charge in [-0.25, -0.2) is 4.98 Å². The van der Waals surface area contributed by atoms with E-state index in [4.69, 9.17) is 39.3 Å². The van der Waals surface area contributed by atoms with Gasteiger partial charge in [0.2, 0.25) is 5.13 Å². The summed E-state index contributed by atoms with van der Waals surface area (Å²) in [6.07, 6.45) is 1.64. The number of aromatic nitrogens is 2. The smallest absolute Gasteiger partial charge is 0.203 e. The van der Waals surface area contributed by atoms with Crippen molar-refractivity contribution in [2.24, 2.45) is 5.10 Å². The molecule has 2 aromatic carbocycles. The molecule has 0 unspecified atom stereocenters. The lowest BCUT2D eigenvalue weighted by molar-refractivity contribution is 0.434. The summed E-state index contributed by atoms with van der Waals surface area (Å²) in [5.41, 5.74) is 5.68. The van der Waals surface area contributed by atoms with Crippen LogP contribution in [-0.2, 0) is 0 Å². The lowest BCUT2D eigenvalue weighted by Gasteiger charge is -1.99. The Balaban J connectivity index is 1.49. The second-order valence-corrected chi connectivity index (χ2v) is 7.74. The fraction of sp³-hybridized carbons (Fsp3) is 0. The Morgan fingerprint density at radius 3 is 2.68 bits per heavy atom. The standard InChI is InChI=1S/C19H11Cl3N4OS/c20-12-5-6-13(15(22)7-12)16-8-18(27-26-16)17-10-28-19(24-17)25-23-9-11-3-1-2-4-14(11)21/h1-10H,(H,24,25)/b23-9+. The summed E-state index contributed by atoms with van der Waals surface area (Å²) in [7, 11) is 0. The van der Waals surface area contributed by atoms with Gasteiger partial charge in [0.25, 0.3) is 0 Å². The maximum absolute atomic E-state index is 6.23. The Bertz CT molecular complexity index is 1160. The van der Waals surface area contributed by atoms with Crippen LogP contribution >= 0.6 is 46.1 Å². The van der Waals surface area contributed by atoms with Crippen molar-refractivity contribution in [3.05, 3.63) is 74.5 Å². The number of hydrogen-bond donors (Lipinski definition) is 1. The van der Waals surface area contributed by atoms with Crippen LogP contribution < -0.4 is 5.43 Å². The molecule has 140 valence electrons. The van der Waals surface area contributed by atoms with Crippen molar-refractivity contribution in [2.45, 2.75) is 0 Å². The largest absolute Gasteiger partial charge is 0.354 e. The third kappa shape index (κ3) is 4.20. The lowest BCUT2D eigenvalue weighted by Crippen LogP contribution is -1.90. The van der Waals surface area contributed by atoms with Crippen LogP contribution in [-0.4, -0.2) is 16.4 Å². The van der Waals surface area contributed by atoms with Gasteiger partial charge in [-0.05, 0) is 24.3 Å². The van der Waals surface area contributed by atoms with Crippen LogP contribution in [0.5, 0.6) is 0 Å². The molecule has 1 N–H and O–H groups in total. The topological polar surface area (TPSA) is 63.3 Å². The lowest BCUT2D eigenvalue weighted by atomic mass is 10.1. The van der Waals surface area contributed by atoms with Crippen LogP contribution in [0.15, 0.2) is 63.5 Å². The molecule has 0 aliphatic rings. The first-order valence-corrected chi connectivity index (χ1v) is 10.0. The van der Waals surface area contributed by atoms with Crippen molar-refractivity contribution >= 4 is 57.5 Å². The highest BCUT2D eigenvalue weighted by molar-refractivity contribution is 7.14. The minimum absolute atomic E-state index is 0.502. The second kappa shape index (κ2) is 8.32. The Morgan fingerprint density at radius 1 is 1.00 bits per heavy atom. The maximum Gasteiger partial charge on any atom is 0.203 e. The zero-order chi connectivity index (χ0) is 19.5. The number of nitrogens with zero attached hydrogens (tertiary/aromatic N) is 3. The molecule has 0 saturated heterocycles. The number of hydrazone groups is 1. The first-order chi connectivity index (χ1) is 13.6. The van der Waals surface area contributed by atoms with E-state index in [0.717, 1.165) is 11.1 Å². The molecule has 0 bridgehead atoms. The quantitative estimate of drug-likeness (QED) is 0.267. The average molecular weight is 450 g/mol. The molecule has 28 heavy (non-hydrogen) atoms. The molecule has 0 atom stereocenters. The van der Waals surface area contributed by atoms with Crippen molar-refractivity contribution in [1.29, 1.82) is 0 Å². The summed E-state index contributed by atoms with van der Waals surface area (Å²) >= 11 is 19.7. The van der Waals surface area contributed by atoms with Gasteiger partial charge >= 0.3 is 0 Å². The zero-order valence-corrected chi connectivity index (χ0v) is 17.1. The molecule has 0 radical (unpaired) electrons. The molecule has 4 rings (SSSR count). The minimum atomic E-state index is 0.502. The Kier molecular flexibility index (Phi) is 5.64. The highest BCUT2D eigenvalue weighted by atomic mass is 35.5. The highest BCUT2D eigenvalue weighted by Gasteiger charge is 2.14. The van der Waals surface area contributed by atoms with Crippen LogP contribution in [0.4, 0.5) is 5.13 Å². The molecule has 2 aromatic heterocycles. The number of halogens is 3. The molecule has 0 aliphatic carbocycles. The van der Waals surface area contributed by atoms with E-state index in [2.05, 4.69) is 20.7 Å². The summed E-state index contributed by atoms with van der Waals surface area (Å²) < 4.78 is 5.41. The highest BCUT2D eigenvalue weighted by Crippen LogP contribution is 2.33. The normalized spacial score (nSPS) is 11.2. The van der Waals surface area contributed by atoms with E-state index >= 15 is 0 Å². The molecular formula is C19H11Cl3N4OS. The van der Waals surface area contributed by atoms with Gasteiger partial charge < -0.3 is 4.52 Å². The monoisotopic (exact) mass is 448 g/mol. The molecule has 0 amide bonds. The molecule has 2 heterocycles.